The Hall–Kier alpha value is -3.01. The molecular formula is C20H16FN3. The van der Waals surface area contributed by atoms with E-state index < -0.39 is 0 Å². The van der Waals surface area contributed by atoms with Crippen molar-refractivity contribution in [2.75, 3.05) is 0 Å². The minimum absolute atomic E-state index is 0.246. The van der Waals surface area contributed by atoms with E-state index in [4.69, 9.17) is 4.98 Å². The quantitative estimate of drug-likeness (QED) is 0.559. The van der Waals surface area contributed by atoms with Crippen molar-refractivity contribution in [2.45, 2.75) is 13.3 Å². The Balaban J connectivity index is 1.91. The monoisotopic (exact) mass is 317 g/mol. The van der Waals surface area contributed by atoms with Crippen LogP contribution in [0.25, 0.3) is 16.9 Å². The molecule has 3 nitrogen and oxygen atoms in total. The topological polar surface area (TPSA) is 30.2 Å². The molecule has 1 aromatic carbocycles. The molecule has 0 aliphatic carbocycles. The molecule has 0 N–H and O–H groups in total. The van der Waals surface area contributed by atoms with Gasteiger partial charge in [-0.15, -0.1) is 0 Å². The Kier molecular flexibility index (Phi) is 3.58. The normalized spacial score (nSPS) is 11.1. The molecule has 0 radical (unpaired) electrons. The van der Waals surface area contributed by atoms with Gasteiger partial charge in [-0.2, -0.15) is 0 Å². The van der Waals surface area contributed by atoms with Gasteiger partial charge in [0.15, 0.2) is 0 Å². The number of halogens is 1. The number of imidazole rings is 1. The first-order chi connectivity index (χ1) is 11.7. The number of nitrogens with zero attached hydrogens (tertiary/aromatic N) is 3. The predicted octanol–water partition coefficient (Wildman–Crippen LogP) is 4.43. The molecule has 0 saturated heterocycles. The van der Waals surface area contributed by atoms with Crippen LogP contribution in [0.1, 0.15) is 17.0 Å². The highest BCUT2D eigenvalue weighted by Crippen LogP contribution is 2.26. The Morgan fingerprint density at radius 1 is 1.00 bits per heavy atom. The van der Waals surface area contributed by atoms with Gasteiger partial charge in [0.05, 0.1) is 11.4 Å². The van der Waals surface area contributed by atoms with Gasteiger partial charge in [-0.25, -0.2) is 9.37 Å². The molecule has 3 heterocycles. The second-order valence-electron chi connectivity index (χ2n) is 5.85. The molecule has 3 aromatic heterocycles. The average Bonchev–Trinajstić information content (AvgIpc) is 2.94. The standard InChI is InChI=1S/C20H16FN3/c1-14-5-10-19-23-20(15-6-8-16(21)9-7-15)18(24(19)13-14)12-17-4-2-3-11-22-17/h2-11,13H,12H2,1H3. The summed E-state index contributed by atoms with van der Waals surface area (Å²) in [5.41, 5.74) is 5.84. The maximum atomic E-state index is 13.3. The van der Waals surface area contributed by atoms with Crippen LogP contribution >= 0.6 is 0 Å². The third-order valence-electron chi connectivity index (χ3n) is 4.06. The summed E-state index contributed by atoms with van der Waals surface area (Å²) in [4.78, 5) is 9.19. The first-order valence-electron chi connectivity index (χ1n) is 7.84. The van der Waals surface area contributed by atoms with Gasteiger partial charge in [0.1, 0.15) is 11.5 Å². The fourth-order valence-electron chi connectivity index (χ4n) is 2.88. The van der Waals surface area contributed by atoms with E-state index in [2.05, 4.69) is 22.5 Å². The van der Waals surface area contributed by atoms with Gasteiger partial charge in [-0.3, -0.25) is 4.98 Å². The van der Waals surface area contributed by atoms with E-state index in [-0.39, 0.29) is 5.82 Å². The van der Waals surface area contributed by atoms with Crippen molar-refractivity contribution in [1.82, 2.24) is 14.4 Å². The second kappa shape index (κ2) is 5.89. The largest absolute Gasteiger partial charge is 0.303 e. The lowest BCUT2D eigenvalue weighted by atomic mass is 10.1. The summed E-state index contributed by atoms with van der Waals surface area (Å²) in [6, 6.07) is 16.4. The van der Waals surface area contributed by atoms with E-state index in [1.165, 1.54) is 12.1 Å². The van der Waals surface area contributed by atoms with Crippen LogP contribution in [0.2, 0.25) is 0 Å². The molecule has 0 atom stereocenters. The van der Waals surface area contributed by atoms with Gasteiger partial charge in [0.2, 0.25) is 0 Å². The van der Waals surface area contributed by atoms with Crippen LogP contribution in [-0.4, -0.2) is 14.4 Å². The fraction of sp³-hybridized carbons (Fsp3) is 0.100. The number of pyridine rings is 2. The molecule has 0 amide bonds. The van der Waals surface area contributed by atoms with Crippen LogP contribution in [0.5, 0.6) is 0 Å². The predicted molar refractivity (Wildman–Crippen MR) is 92.4 cm³/mol. The number of benzene rings is 1. The first kappa shape index (κ1) is 14.6. The third-order valence-corrected chi connectivity index (χ3v) is 4.06. The van der Waals surface area contributed by atoms with Gasteiger partial charge < -0.3 is 4.40 Å². The van der Waals surface area contributed by atoms with E-state index in [0.29, 0.717) is 6.42 Å². The second-order valence-corrected chi connectivity index (χ2v) is 5.85. The number of hydrogen-bond donors (Lipinski definition) is 0. The van der Waals surface area contributed by atoms with Crippen molar-refractivity contribution in [2.24, 2.45) is 0 Å². The Labute approximate surface area is 139 Å². The highest BCUT2D eigenvalue weighted by molar-refractivity contribution is 5.67. The van der Waals surface area contributed by atoms with Crippen LogP contribution in [0.15, 0.2) is 67.0 Å². The zero-order valence-electron chi connectivity index (χ0n) is 13.3. The number of hydrogen-bond acceptors (Lipinski definition) is 2. The molecule has 0 unspecified atom stereocenters. The third kappa shape index (κ3) is 2.67. The van der Waals surface area contributed by atoms with Crippen molar-refractivity contribution in [3.8, 4) is 11.3 Å². The molecule has 4 aromatic rings. The molecule has 24 heavy (non-hydrogen) atoms. The summed E-state index contributed by atoms with van der Waals surface area (Å²) in [5, 5.41) is 0. The number of fused-ring (bicyclic) bond motifs is 1. The van der Waals surface area contributed by atoms with E-state index in [9.17, 15) is 4.39 Å². The summed E-state index contributed by atoms with van der Waals surface area (Å²) in [7, 11) is 0. The lowest BCUT2D eigenvalue weighted by molar-refractivity contribution is 0.628. The summed E-state index contributed by atoms with van der Waals surface area (Å²) in [6.07, 6.45) is 4.53. The van der Waals surface area contributed by atoms with Crippen molar-refractivity contribution in [3.05, 3.63) is 89.8 Å². The fourth-order valence-corrected chi connectivity index (χ4v) is 2.88. The zero-order chi connectivity index (χ0) is 16.5. The molecule has 0 aliphatic heterocycles. The summed E-state index contributed by atoms with van der Waals surface area (Å²) < 4.78 is 15.4. The van der Waals surface area contributed by atoms with E-state index in [1.54, 1.807) is 18.3 Å². The molecule has 0 aliphatic rings. The minimum Gasteiger partial charge on any atom is -0.303 e. The maximum Gasteiger partial charge on any atom is 0.137 e. The molecule has 4 rings (SSSR count). The molecule has 4 heteroatoms. The van der Waals surface area contributed by atoms with Crippen molar-refractivity contribution in [3.63, 3.8) is 0 Å². The van der Waals surface area contributed by atoms with E-state index >= 15 is 0 Å². The Morgan fingerprint density at radius 2 is 1.83 bits per heavy atom. The van der Waals surface area contributed by atoms with Crippen molar-refractivity contribution in [1.29, 1.82) is 0 Å². The van der Waals surface area contributed by atoms with E-state index in [1.807, 2.05) is 30.3 Å². The Bertz CT molecular complexity index is 989. The molecule has 118 valence electrons. The number of aromatic nitrogens is 3. The van der Waals surface area contributed by atoms with Crippen LogP contribution in [0.3, 0.4) is 0 Å². The smallest absolute Gasteiger partial charge is 0.137 e. The van der Waals surface area contributed by atoms with Gasteiger partial charge in [0.25, 0.3) is 0 Å². The first-order valence-corrected chi connectivity index (χ1v) is 7.84. The minimum atomic E-state index is -0.246. The lowest BCUT2D eigenvalue weighted by Gasteiger charge is -2.06. The Morgan fingerprint density at radius 3 is 2.58 bits per heavy atom. The van der Waals surface area contributed by atoms with Gasteiger partial charge >= 0.3 is 0 Å². The lowest BCUT2D eigenvalue weighted by Crippen LogP contribution is -1.99. The molecular weight excluding hydrogens is 301 g/mol. The van der Waals surface area contributed by atoms with Crippen LogP contribution in [0.4, 0.5) is 4.39 Å². The molecule has 0 spiro atoms. The molecule has 0 bridgehead atoms. The maximum absolute atomic E-state index is 13.3. The highest BCUT2D eigenvalue weighted by atomic mass is 19.1. The molecule has 0 fully saturated rings. The number of rotatable bonds is 3. The van der Waals surface area contributed by atoms with Crippen LogP contribution in [0, 0.1) is 12.7 Å². The summed E-state index contributed by atoms with van der Waals surface area (Å²) in [5.74, 6) is -0.246. The SMILES string of the molecule is Cc1ccc2nc(-c3ccc(F)cc3)c(Cc3ccccn3)n2c1. The van der Waals surface area contributed by atoms with Crippen LogP contribution in [-0.2, 0) is 6.42 Å². The van der Waals surface area contributed by atoms with Gasteiger partial charge in [-0.1, -0.05) is 12.1 Å². The zero-order valence-corrected chi connectivity index (χ0v) is 13.3. The molecule has 0 saturated carbocycles. The number of aryl methyl sites for hydroxylation is 1. The van der Waals surface area contributed by atoms with Gasteiger partial charge in [-0.05, 0) is 55.0 Å². The van der Waals surface area contributed by atoms with Crippen molar-refractivity contribution >= 4 is 5.65 Å². The average molecular weight is 317 g/mol. The summed E-state index contributed by atoms with van der Waals surface area (Å²) in [6.45, 7) is 2.06. The summed E-state index contributed by atoms with van der Waals surface area (Å²) >= 11 is 0. The van der Waals surface area contributed by atoms with Crippen molar-refractivity contribution < 1.29 is 4.39 Å². The highest BCUT2D eigenvalue weighted by Gasteiger charge is 2.15. The van der Waals surface area contributed by atoms with Crippen LogP contribution < -0.4 is 0 Å². The van der Waals surface area contributed by atoms with E-state index in [0.717, 1.165) is 33.9 Å². The van der Waals surface area contributed by atoms with Gasteiger partial charge in [0, 0.05) is 30.1 Å².